The standard InChI is InChI=1S/C10H14BrNO2S/c11-8-5-10(15-7-8)9(6-13)12-1-3-14-4-2-12/h5,7,9,13H,1-4,6H2. The first-order chi connectivity index (χ1) is 7.31. The first kappa shape index (κ1) is 11.5. The summed E-state index contributed by atoms with van der Waals surface area (Å²) in [6, 6.07) is 2.21. The molecule has 15 heavy (non-hydrogen) atoms. The lowest BCUT2D eigenvalue weighted by molar-refractivity contribution is 0.00347. The molecule has 2 heterocycles. The monoisotopic (exact) mass is 291 g/mol. The maximum Gasteiger partial charge on any atom is 0.0676 e. The average Bonchev–Trinajstić information content (AvgIpc) is 2.68. The Morgan fingerprint density at radius 3 is 2.80 bits per heavy atom. The molecule has 1 aliphatic rings. The Hall–Kier alpha value is 0.0600. The second-order valence-corrected chi connectivity index (χ2v) is 5.37. The summed E-state index contributed by atoms with van der Waals surface area (Å²) in [5.41, 5.74) is 0. The second-order valence-electron chi connectivity index (χ2n) is 3.51. The Morgan fingerprint density at radius 1 is 1.53 bits per heavy atom. The highest BCUT2D eigenvalue weighted by Crippen LogP contribution is 2.29. The van der Waals surface area contributed by atoms with Crippen LogP contribution in [-0.2, 0) is 4.74 Å². The number of thiophene rings is 1. The maximum absolute atomic E-state index is 9.45. The second kappa shape index (κ2) is 5.41. The molecule has 0 aromatic carbocycles. The number of nitrogens with zero attached hydrogens (tertiary/aromatic N) is 1. The van der Waals surface area contributed by atoms with E-state index in [2.05, 4.69) is 32.3 Å². The number of hydrogen-bond acceptors (Lipinski definition) is 4. The van der Waals surface area contributed by atoms with E-state index in [9.17, 15) is 5.11 Å². The Labute approximate surface area is 102 Å². The number of aliphatic hydroxyl groups excluding tert-OH is 1. The van der Waals surface area contributed by atoms with Crippen LogP contribution >= 0.6 is 27.3 Å². The number of morpholine rings is 1. The molecular formula is C10H14BrNO2S. The van der Waals surface area contributed by atoms with E-state index in [0.717, 1.165) is 30.8 Å². The van der Waals surface area contributed by atoms with Gasteiger partial charge >= 0.3 is 0 Å². The minimum atomic E-state index is 0.130. The van der Waals surface area contributed by atoms with Crippen LogP contribution in [0.5, 0.6) is 0 Å². The maximum atomic E-state index is 9.45. The number of rotatable bonds is 3. The molecule has 0 bridgehead atoms. The largest absolute Gasteiger partial charge is 0.394 e. The Morgan fingerprint density at radius 2 is 2.27 bits per heavy atom. The van der Waals surface area contributed by atoms with Gasteiger partial charge in [-0.15, -0.1) is 11.3 Å². The SMILES string of the molecule is OCC(c1cc(Br)cs1)N1CCOCC1. The van der Waals surface area contributed by atoms with E-state index in [-0.39, 0.29) is 12.6 Å². The van der Waals surface area contributed by atoms with Crippen molar-refractivity contribution in [3.8, 4) is 0 Å². The van der Waals surface area contributed by atoms with Crippen LogP contribution in [0, 0.1) is 0 Å². The minimum Gasteiger partial charge on any atom is -0.394 e. The van der Waals surface area contributed by atoms with Gasteiger partial charge in [-0.25, -0.2) is 0 Å². The van der Waals surface area contributed by atoms with Gasteiger partial charge in [0, 0.05) is 27.8 Å². The Balaban J connectivity index is 2.08. The zero-order valence-corrected chi connectivity index (χ0v) is 10.8. The lowest BCUT2D eigenvalue weighted by Gasteiger charge is -2.32. The van der Waals surface area contributed by atoms with Crippen molar-refractivity contribution in [3.05, 3.63) is 20.8 Å². The highest BCUT2D eigenvalue weighted by Gasteiger charge is 2.22. The van der Waals surface area contributed by atoms with Crippen molar-refractivity contribution in [2.45, 2.75) is 6.04 Å². The third-order valence-electron chi connectivity index (χ3n) is 2.58. The normalized spacial score (nSPS) is 20.4. The number of halogens is 1. The molecular weight excluding hydrogens is 278 g/mol. The molecule has 1 aromatic rings. The molecule has 0 amide bonds. The summed E-state index contributed by atoms with van der Waals surface area (Å²) in [5, 5.41) is 11.5. The Kier molecular flexibility index (Phi) is 4.16. The number of aliphatic hydroxyl groups is 1. The van der Waals surface area contributed by atoms with E-state index in [1.165, 1.54) is 4.88 Å². The van der Waals surface area contributed by atoms with Crippen LogP contribution in [0.1, 0.15) is 10.9 Å². The number of ether oxygens (including phenoxy) is 1. The smallest absolute Gasteiger partial charge is 0.0676 e. The van der Waals surface area contributed by atoms with Crippen LogP contribution in [0.2, 0.25) is 0 Å². The van der Waals surface area contributed by atoms with Crippen molar-refractivity contribution in [2.24, 2.45) is 0 Å². The van der Waals surface area contributed by atoms with Crippen molar-refractivity contribution in [3.63, 3.8) is 0 Å². The topological polar surface area (TPSA) is 32.7 Å². The van der Waals surface area contributed by atoms with E-state index in [0.29, 0.717) is 0 Å². The molecule has 5 heteroatoms. The van der Waals surface area contributed by atoms with Gasteiger partial charge in [0.15, 0.2) is 0 Å². The average molecular weight is 292 g/mol. The van der Waals surface area contributed by atoms with Crippen LogP contribution in [-0.4, -0.2) is 42.9 Å². The summed E-state index contributed by atoms with van der Waals surface area (Å²) in [7, 11) is 0. The molecule has 0 aliphatic carbocycles. The van der Waals surface area contributed by atoms with Crippen LogP contribution in [0.15, 0.2) is 15.9 Å². The Bertz CT molecular complexity index is 312. The van der Waals surface area contributed by atoms with E-state index in [1.54, 1.807) is 11.3 Å². The molecule has 1 aromatic heterocycles. The lowest BCUT2D eigenvalue weighted by Crippen LogP contribution is -2.40. The predicted molar refractivity (Wildman–Crippen MR) is 64.2 cm³/mol. The molecule has 1 aliphatic heterocycles. The van der Waals surface area contributed by atoms with Gasteiger partial charge in [-0.05, 0) is 22.0 Å². The summed E-state index contributed by atoms with van der Waals surface area (Å²) in [5.74, 6) is 0. The summed E-state index contributed by atoms with van der Waals surface area (Å²) in [6.45, 7) is 3.51. The van der Waals surface area contributed by atoms with Crippen LogP contribution in [0.4, 0.5) is 0 Å². The zero-order valence-electron chi connectivity index (χ0n) is 8.36. The van der Waals surface area contributed by atoms with E-state index < -0.39 is 0 Å². The van der Waals surface area contributed by atoms with Crippen LogP contribution in [0.3, 0.4) is 0 Å². The van der Waals surface area contributed by atoms with Crippen LogP contribution < -0.4 is 0 Å². The molecule has 1 N–H and O–H groups in total. The summed E-state index contributed by atoms with van der Waals surface area (Å²) >= 11 is 5.13. The zero-order chi connectivity index (χ0) is 10.7. The third-order valence-corrected chi connectivity index (χ3v) is 4.37. The van der Waals surface area contributed by atoms with Crippen molar-refractivity contribution in [1.29, 1.82) is 0 Å². The number of hydrogen-bond donors (Lipinski definition) is 1. The minimum absolute atomic E-state index is 0.130. The van der Waals surface area contributed by atoms with Gasteiger partial charge in [0.05, 0.1) is 25.9 Å². The van der Waals surface area contributed by atoms with Gasteiger partial charge < -0.3 is 9.84 Å². The van der Waals surface area contributed by atoms with E-state index >= 15 is 0 Å². The molecule has 1 unspecified atom stereocenters. The highest BCUT2D eigenvalue weighted by atomic mass is 79.9. The summed E-state index contributed by atoms with van der Waals surface area (Å²) < 4.78 is 6.40. The van der Waals surface area contributed by atoms with Gasteiger partial charge in [-0.3, -0.25) is 4.90 Å². The molecule has 1 atom stereocenters. The van der Waals surface area contributed by atoms with Crippen molar-refractivity contribution in [1.82, 2.24) is 4.90 Å². The molecule has 2 rings (SSSR count). The highest BCUT2D eigenvalue weighted by molar-refractivity contribution is 9.10. The van der Waals surface area contributed by atoms with E-state index in [4.69, 9.17) is 4.74 Å². The van der Waals surface area contributed by atoms with Crippen molar-refractivity contribution < 1.29 is 9.84 Å². The van der Waals surface area contributed by atoms with E-state index in [1.807, 2.05) is 0 Å². The van der Waals surface area contributed by atoms with Gasteiger partial charge in [-0.1, -0.05) is 0 Å². The third kappa shape index (κ3) is 2.79. The molecule has 3 nitrogen and oxygen atoms in total. The van der Waals surface area contributed by atoms with Gasteiger partial charge in [0.25, 0.3) is 0 Å². The van der Waals surface area contributed by atoms with Gasteiger partial charge in [0.2, 0.25) is 0 Å². The first-order valence-corrected chi connectivity index (χ1v) is 6.65. The fourth-order valence-electron chi connectivity index (χ4n) is 1.78. The van der Waals surface area contributed by atoms with Crippen LogP contribution in [0.25, 0.3) is 0 Å². The van der Waals surface area contributed by atoms with Crippen molar-refractivity contribution in [2.75, 3.05) is 32.9 Å². The quantitative estimate of drug-likeness (QED) is 0.923. The molecule has 0 radical (unpaired) electrons. The summed E-state index contributed by atoms with van der Waals surface area (Å²) in [6.07, 6.45) is 0. The van der Waals surface area contributed by atoms with Gasteiger partial charge in [0.1, 0.15) is 0 Å². The fourth-order valence-corrected chi connectivity index (χ4v) is 3.35. The molecule has 0 saturated carbocycles. The summed E-state index contributed by atoms with van der Waals surface area (Å²) in [4.78, 5) is 3.49. The molecule has 0 spiro atoms. The lowest BCUT2D eigenvalue weighted by atomic mass is 10.2. The first-order valence-electron chi connectivity index (χ1n) is 4.98. The molecule has 1 saturated heterocycles. The molecule has 84 valence electrons. The van der Waals surface area contributed by atoms with Crippen molar-refractivity contribution >= 4 is 27.3 Å². The van der Waals surface area contributed by atoms with Gasteiger partial charge in [-0.2, -0.15) is 0 Å². The predicted octanol–water partition coefficient (Wildman–Crippen LogP) is 1.88. The molecule has 1 fully saturated rings. The fraction of sp³-hybridized carbons (Fsp3) is 0.600.